The molecule has 20 heavy (non-hydrogen) atoms. The molecule has 1 unspecified atom stereocenters. The Morgan fingerprint density at radius 1 is 1.60 bits per heavy atom. The molecule has 1 fully saturated rings. The van der Waals surface area contributed by atoms with E-state index < -0.39 is 10.7 Å². The Balaban J connectivity index is 2.05. The van der Waals surface area contributed by atoms with Crippen molar-refractivity contribution in [3.63, 3.8) is 0 Å². The lowest BCUT2D eigenvalue weighted by Gasteiger charge is -2.12. The molecular weight excluding hydrogens is 265 g/mol. The normalized spacial score (nSPS) is 18.0. The van der Waals surface area contributed by atoms with Crippen LogP contribution in [0.1, 0.15) is 12.8 Å². The van der Waals surface area contributed by atoms with E-state index in [4.69, 9.17) is 4.74 Å². The van der Waals surface area contributed by atoms with Gasteiger partial charge in [-0.2, -0.15) is 0 Å². The minimum absolute atomic E-state index is 0.000586. The minimum atomic E-state index is -0.732. The quantitative estimate of drug-likeness (QED) is 0.618. The smallest absolute Gasteiger partial charge is 0.295 e. The van der Waals surface area contributed by atoms with Crippen molar-refractivity contribution in [2.24, 2.45) is 5.92 Å². The molecule has 110 valence electrons. The third kappa shape index (κ3) is 3.36. The number of ether oxygens (including phenoxy) is 1. The molecule has 0 radical (unpaired) electrons. The van der Waals surface area contributed by atoms with Gasteiger partial charge in [-0.3, -0.25) is 10.1 Å². The van der Waals surface area contributed by atoms with Crippen molar-refractivity contribution in [3.05, 3.63) is 28.1 Å². The van der Waals surface area contributed by atoms with Crippen LogP contribution in [0.15, 0.2) is 12.1 Å². The SMILES string of the molecule is COc1cc(NCCC2CCNC2)c([N+](=O)[O-])cc1F. The molecule has 1 heterocycles. The fourth-order valence-corrected chi connectivity index (χ4v) is 2.36. The van der Waals surface area contributed by atoms with E-state index in [9.17, 15) is 14.5 Å². The number of nitrogens with zero attached hydrogens (tertiary/aromatic N) is 1. The number of hydrogen-bond donors (Lipinski definition) is 2. The summed E-state index contributed by atoms with van der Waals surface area (Å²) in [5.41, 5.74) is 0.0204. The van der Waals surface area contributed by atoms with Gasteiger partial charge in [0.15, 0.2) is 11.6 Å². The Labute approximate surface area is 116 Å². The van der Waals surface area contributed by atoms with Crippen molar-refractivity contribution in [2.75, 3.05) is 32.1 Å². The van der Waals surface area contributed by atoms with Gasteiger partial charge in [0, 0.05) is 12.6 Å². The molecule has 0 bridgehead atoms. The molecule has 2 N–H and O–H groups in total. The van der Waals surface area contributed by atoms with Crippen LogP contribution in [0.3, 0.4) is 0 Å². The molecule has 1 saturated heterocycles. The number of hydrogen-bond acceptors (Lipinski definition) is 5. The first-order valence-electron chi connectivity index (χ1n) is 6.58. The first kappa shape index (κ1) is 14.5. The highest BCUT2D eigenvalue weighted by atomic mass is 19.1. The molecule has 2 rings (SSSR count). The number of nitrogens with one attached hydrogen (secondary N) is 2. The molecule has 0 aliphatic carbocycles. The average molecular weight is 283 g/mol. The van der Waals surface area contributed by atoms with Gasteiger partial charge in [-0.1, -0.05) is 0 Å². The molecule has 1 aromatic carbocycles. The predicted molar refractivity (Wildman–Crippen MR) is 73.7 cm³/mol. The standard InChI is InChI=1S/C13H18FN3O3/c1-20-13-7-11(12(17(18)19)6-10(13)14)16-5-3-9-2-4-15-8-9/h6-7,9,15-16H,2-5,8H2,1H3. The first-order chi connectivity index (χ1) is 9.61. The van der Waals surface area contributed by atoms with Crippen molar-refractivity contribution in [3.8, 4) is 5.75 Å². The molecule has 1 aromatic rings. The first-order valence-corrected chi connectivity index (χ1v) is 6.58. The summed E-state index contributed by atoms with van der Waals surface area (Å²) >= 11 is 0. The summed E-state index contributed by atoms with van der Waals surface area (Å²) in [4.78, 5) is 10.3. The van der Waals surface area contributed by atoms with E-state index in [-0.39, 0.29) is 11.4 Å². The van der Waals surface area contributed by atoms with E-state index in [1.165, 1.54) is 13.2 Å². The molecule has 1 aliphatic heterocycles. The largest absolute Gasteiger partial charge is 0.494 e. The van der Waals surface area contributed by atoms with Gasteiger partial charge < -0.3 is 15.4 Å². The number of nitro benzene ring substituents is 1. The highest BCUT2D eigenvalue weighted by Crippen LogP contribution is 2.31. The van der Waals surface area contributed by atoms with Gasteiger partial charge in [0.2, 0.25) is 0 Å². The second-order valence-electron chi connectivity index (χ2n) is 4.84. The molecule has 0 spiro atoms. The topological polar surface area (TPSA) is 76.4 Å². The monoisotopic (exact) mass is 283 g/mol. The Hall–Kier alpha value is -1.89. The van der Waals surface area contributed by atoms with Crippen LogP contribution in [0.5, 0.6) is 5.75 Å². The Morgan fingerprint density at radius 3 is 3.00 bits per heavy atom. The van der Waals surface area contributed by atoms with Gasteiger partial charge in [-0.15, -0.1) is 0 Å². The van der Waals surface area contributed by atoms with Crippen LogP contribution in [0.4, 0.5) is 15.8 Å². The number of benzene rings is 1. The number of nitro groups is 1. The lowest BCUT2D eigenvalue weighted by atomic mass is 10.1. The predicted octanol–water partition coefficient (Wildman–Crippen LogP) is 2.15. The lowest BCUT2D eigenvalue weighted by molar-refractivity contribution is -0.384. The number of anilines is 1. The molecule has 0 amide bonds. The second-order valence-corrected chi connectivity index (χ2v) is 4.84. The molecular formula is C13H18FN3O3. The van der Waals surface area contributed by atoms with E-state index in [1.807, 2.05) is 0 Å². The van der Waals surface area contributed by atoms with Crippen molar-refractivity contribution >= 4 is 11.4 Å². The van der Waals surface area contributed by atoms with Crippen LogP contribution in [0.2, 0.25) is 0 Å². The van der Waals surface area contributed by atoms with E-state index in [0.29, 0.717) is 18.2 Å². The molecule has 6 nitrogen and oxygen atoms in total. The summed E-state index contributed by atoms with van der Waals surface area (Å²) in [6.45, 7) is 2.62. The Bertz CT molecular complexity index is 490. The van der Waals surface area contributed by atoms with Gasteiger partial charge in [0.25, 0.3) is 5.69 Å². The number of methoxy groups -OCH3 is 1. The molecule has 1 aliphatic rings. The third-order valence-corrected chi connectivity index (χ3v) is 3.50. The number of rotatable bonds is 6. The van der Waals surface area contributed by atoms with E-state index in [0.717, 1.165) is 32.0 Å². The lowest BCUT2D eigenvalue weighted by Crippen LogP contribution is -2.13. The van der Waals surface area contributed by atoms with E-state index in [1.54, 1.807) is 0 Å². The van der Waals surface area contributed by atoms with E-state index >= 15 is 0 Å². The molecule has 0 saturated carbocycles. The summed E-state index contributed by atoms with van der Waals surface area (Å²) in [5.74, 6) is -0.144. The fraction of sp³-hybridized carbons (Fsp3) is 0.538. The van der Waals surface area contributed by atoms with Crippen LogP contribution in [0, 0.1) is 21.8 Å². The average Bonchev–Trinajstić information content (AvgIpc) is 2.93. The van der Waals surface area contributed by atoms with Crippen molar-refractivity contribution in [1.29, 1.82) is 0 Å². The minimum Gasteiger partial charge on any atom is -0.494 e. The summed E-state index contributed by atoms with van der Waals surface area (Å²) in [5, 5.41) is 17.2. The van der Waals surface area contributed by atoms with Crippen molar-refractivity contribution < 1.29 is 14.1 Å². The van der Waals surface area contributed by atoms with Gasteiger partial charge in [0.1, 0.15) is 5.69 Å². The van der Waals surface area contributed by atoms with Gasteiger partial charge in [0.05, 0.1) is 18.1 Å². The fourth-order valence-electron chi connectivity index (χ4n) is 2.36. The number of halogens is 1. The van der Waals surface area contributed by atoms with Crippen molar-refractivity contribution in [2.45, 2.75) is 12.8 Å². The van der Waals surface area contributed by atoms with Gasteiger partial charge >= 0.3 is 0 Å². The zero-order chi connectivity index (χ0) is 14.5. The van der Waals surface area contributed by atoms with Crippen LogP contribution >= 0.6 is 0 Å². The van der Waals surface area contributed by atoms with Crippen LogP contribution < -0.4 is 15.4 Å². The molecule has 0 aromatic heterocycles. The summed E-state index contributed by atoms with van der Waals surface area (Å²) in [7, 11) is 1.33. The summed E-state index contributed by atoms with van der Waals surface area (Å²) < 4.78 is 18.3. The Morgan fingerprint density at radius 2 is 2.40 bits per heavy atom. The van der Waals surface area contributed by atoms with Gasteiger partial charge in [-0.25, -0.2) is 4.39 Å². The molecule has 7 heteroatoms. The maximum absolute atomic E-state index is 13.5. The van der Waals surface area contributed by atoms with Crippen molar-refractivity contribution in [1.82, 2.24) is 5.32 Å². The zero-order valence-corrected chi connectivity index (χ0v) is 11.3. The zero-order valence-electron chi connectivity index (χ0n) is 11.3. The second kappa shape index (κ2) is 6.51. The van der Waals surface area contributed by atoms with Gasteiger partial charge in [-0.05, 0) is 31.8 Å². The highest BCUT2D eigenvalue weighted by molar-refractivity contribution is 5.64. The summed E-state index contributed by atoms with van der Waals surface area (Å²) in [6, 6.07) is 2.22. The summed E-state index contributed by atoms with van der Waals surface area (Å²) in [6.07, 6.45) is 2.04. The maximum Gasteiger partial charge on any atom is 0.295 e. The van der Waals surface area contributed by atoms with Crippen LogP contribution in [0.25, 0.3) is 0 Å². The third-order valence-electron chi connectivity index (χ3n) is 3.50. The maximum atomic E-state index is 13.5. The molecule has 1 atom stereocenters. The van der Waals surface area contributed by atoms with E-state index in [2.05, 4.69) is 10.6 Å². The van der Waals surface area contributed by atoms with Crippen LogP contribution in [-0.2, 0) is 0 Å². The van der Waals surface area contributed by atoms with Crippen LogP contribution in [-0.4, -0.2) is 31.7 Å². The Kier molecular flexibility index (Phi) is 4.73. The highest BCUT2D eigenvalue weighted by Gasteiger charge is 2.19.